The molecule has 7 nitrogen and oxygen atoms in total. The van der Waals surface area contributed by atoms with Crippen molar-refractivity contribution in [1.82, 2.24) is 10.3 Å². The van der Waals surface area contributed by atoms with Crippen molar-refractivity contribution in [2.24, 2.45) is 11.6 Å². The number of hydrogen-bond acceptors (Lipinski definition) is 5. The van der Waals surface area contributed by atoms with Crippen LogP contribution in [0.2, 0.25) is 0 Å². The molecule has 0 saturated heterocycles. The summed E-state index contributed by atoms with van der Waals surface area (Å²) < 4.78 is 0. The Morgan fingerprint density at radius 3 is 2.50 bits per heavy atom. The van der Waals surface area contributed by atoms with Crippen LogP contribution in [0.4, 0.5) is 5.82 Å². The van der Waals surface area contributed by atoms with E-state index in [0.29, 0.717) is 16.8 Å². The quantitative estimate of drug-likeness (QED) is 0.465. The first-order valence-electron chi connectivity index (χ1n) is 5.99. The molecule has 1 unspecified atom stereocenters. The van der Waals surface area contributed by atoms with Gasteiger partial charge in [0.2, 0.25) is 5.91 Å². The Morgan fingerprint density at radius 2 is 1.90 bits per heavy atom. The second-order valence-electron chi connectivity index (χ2n) is 4.31. The molecule has 0 saturated carbocycles. The van der Waals surface area contributed by atoms with Crippen LogP contribution in [0.1, 0.15) is 17.3 Å². The number of nitrogen functional groups attached to an aromatic ring is 1. The van der Waals surface area contributed by atoms with Crippen LogP contribution < -0.4 is 22.3 Å². The highest BCUT2D eigenvalue weighted by atomic mass is 16.2. The van der Waals surface area contributed by atoms with Gasteiger partial charge in [0, 0.05) is 11.6 Å². The molecule has 104 valence electrons. The molecular weight excluding hydrogens is 258 g/mol. The molecule has 7 heteroatoms. The standard InChI is InChI=1S/C13H15N5O2/c1-7(11(14)19)17-13(20)10-6-16-12(18-15)9-5-3-2-4-8(9)10/h2-7H,15H2,1H3,(H2,14,19)(H,16,18)(H,17,20). The Bertz CT molecular complexity index is 671. The molecule has 1 aromatic carbocycles. The highest BCUT2D eigenvalue weighted by Crippen LogP contribution is 2.23. The van der Waals surface area contributed by atoms with E-state index in [1.54, 1.807) is 18.2 Å². The Kier molecular flexibility index (Phi) is 3.81. The van der Waals surface area contributed by atoms with Gasteiger partial charge in [0.1, 0.15) is 11.9 Å². The lowest BCUT2D eigenvalue weighted by molar-refractivity contribution is -0.119. The van der Waals surface area contributed by atoms with E-state index in [9.17, 15) is 9.59 Å². The number of aromatic nitrogens is 1. The maximum absolute atomic E-state index is 12.2. The second-order valence-corrected chi connectivity index (χ2v) is 4.31. The Hall–Kier alpha value is -2.67. The Balaban J connectivity index is 2.45. The summed E-state index contributed by atoms with van der Waals surface area (Å²) in [5.74, 6) is 4.85. The van der Waals surface area contributed by atoms with Crippen LogP contribution in [0.25, 0.3) is 10.8 Å². The third-order valence-electron chi connectivity index (χ3n) is 2.95. The van der Waals surface area contributed by atoms with E-state index in [1.807, 2.05) is 6.07 Å². The average molecular weight is 273 g/mol. The van der Waals surface area contributed by atoms with E-state index in [4.69, 9.17) is 11.6 Å². The van der Waals surface area contributed by atoms with Crippen LogP contribution >= 0.6 is 0 Å². The molecule has 2 aromatic rings. The average Bonchev–Trinajstić information content (AvgIpc) is 2.45. The molecule has 2 amide bonds. The molecule has 6 N–H and O–H groups in total. The number of pyridine rings is 1. The lowest BCUT2D eigenvalue weighted by atomic mass is 10.1. The number of amides is 2. The minimum atomic E-state index is -0.756. The van der Waals surface area contributed by atoms with Gasteiger partial charge in [-0.1, -0.05) is 24.3 Å². The van der Waals surface area contributed by atoms with Gasteiger partial charge in [0.25, 0.3) is 5.91 Å². The van der Waals surface area contributed by atoms with E-state index in [2.05, 4.69) is 15.7 Å². The molecule has 20 heavy (non-hydrogen) atoms. The molecule has 0 bridgehead atoms. The molecule has 0 aliphatic heterocycles. The number of hydrogen-bond donors (Lipinski definition) is 4. The van der Waals surface area contributed by atoms with Gasteiger partial charge in [-0.05, 0) is 12.3 Å². The van der Waals surface area contributed by atoms with Gasteiger partial charge in [-0.15, -0.1) is 0 Å². The van der Waals surface area contributed by atoms with Crippen LogP contribution in [0.5, 0.6) is 0 Å². The summed E-state index contributed by atoms with van der Waals surface area (Å²) in [6.07, 6.45) is 1.40. The molecule has 1 heterocycles. The molecular formula is C13H15N5O2. The molecule has 1 atom stereocenters. The van der Waals surface area contributed by atoms with E-state index < -0.39 is 17.9 Å². The number of benzene rings is 1. The highest BCUT2D eigenvalue weighted by Gasteiger charge is 2.17. The van der Waals surface area contributed by atoms with Crippen molar-refractivity contribution in [2.75, 3.05) is 5.43 Å². The van der Waals surface area contributed by atoms with Crippen LogP contribution in [0.3, 0.4) is 0 Å². The predicted molar refractivity (Wildman–Crippen MR) is 75.7 cm³/mol. The number of primary amides is 1. The number of nitrogens with one attached hydrogen (secondary N) is 2. The van der Waals surface area contributed by atoms with Crippen LogP contribution in [0, 0.1) is 0 Å². The number of carbonyl (C=O) groups is 2. The first kappa shape index (κ1) is 13.8. The van der Waals surface area contributed by atoms with Crippen molar-refractivity contribution in [3.63, 3.8) is 0 Å². The molecule has 0 aliphatic rings. The van der Waals surface area contributed by atoms with Crippen molar-refractivity contribution in [2.45, 2.75) is 13.0 Å². The summed E-state index contributed by atoms with van der Waals surface area (Å²) in [7, 11) is 0. The third kappa shape index (κ3) is 2.52. The lowest BCUT2D eigenvalue weighted by Crippen LogP contribution is -2.42. The van der Waals surface area contributed by atoms with Crippen molar-refractivity contribution in [1.29, 1.82) is 0 Å². The van der Waals surface area contributed by atoms with E-state index >= 15 is 0 Å². The maximum Gasteiger partial charge on any atom is 0.254 e. The first-order valence-corrected chi connectivity index (χ1v) is 5.99. The third-order valence-corrected chi connectivity index (χ3v) is 2.95. The summed E-state index contributed by atoms with van der Waals surface area (Å²) in [6.45, 7) is 1.52. The monoisotopic (exact) mass is 273 g/mol. The normalized spacial score (nSPS) is 11.9. The zero-order chi connectivity index (χ0) is 14.7. The summed E-state index contributed by atoms with van der Waals surface area (Å²) >= 11 is 0. The summed E-state index contributed by atoms with van der Waals surface area (Å²) in [6, 6.07) is 6.44. The number of carbonyl (C=O) groups excluding carboxylic acids is 2. The van der Waals surface area contributed by atoms with Crippen molar-refractivity contribution >= 4 is 28.4 Å². The molecule has 0 spiro atoms. The molecule has 0 radical (unpaired) electrons. The van der Waals surface area contributed by atoms with Crippen LogP contribution in [-0.2, 0) is 4.79 Å². The van der Waals surface area contributed by atoms with Gasteiger partial charge >= 0.3 is 0 Å². The summed E-state index contributed by atoms with van der Waals surface area (Å²) in [4.78, 5) is 27.2. The summed E-state index contributed by atoms with van der Waals surface area (Å²) in [5.41, 5.74) is 7.96. The predicted octanol–water partition coefficient (Wildman–Crippen LogP) is 0.124. The first-order chi connectivity index (χ1) is 9.54. The Labute approximate surface area is 115 Å². The highest BCUT2D eigenvalue weighted by molar-refractivity contribution is 6.10. The van der Waals surface area contributed by atoms with Gasteiger partial charge in [-0.2, -0.15) is 0 Å². The van der Waals surface area contributed by atoms with E-state index in [1.165, 1.54) is 13.1 Å². The number of rotatable bonds is 4. The maximum atomic E-state index is 12.2. The minimum absolute atomic E-state index is 0.354. The fourth-order valence-corrected chi connectivity index (χ4v) is 1.83. The molecule has 0 aliphatic carbocycles. The largest absolute Gasteiger partial charge is 0.368 e. The van der Waals surface area contributed by atoms with Gasteiger partial charge in [-0.25, -0.2) is 10.8 Å². The van der Waals surface area contributed by atoms with Crippen molar-refractivity contribution in [3.05, 3.63) is 36.0 Å². The number of hydrazine groups is 1. The smallest absolute Gasteiger partial charge is 0.254 e. The SMILES string of the molecule is CC(NC(=O)c1cnc(NN)c2ccccc12)C(N)=O. The number of fused-ring (bicyclic) bond motifs is 1. The molecule has 1 aromatic heterocycles. The molecule has 2 rings (SSSR count). The fourth-order valence-electron chi connectivity index (χ4n) is 1.83. The number of nitrogens with zero attached hydrogens (tertiary/aromatic N) is 1. The zero-order valence-electron chi connectivity index (χ0n) is 10.9. The summed E-state index contributed by atoms with van der Waals surface area (Å²) in [5, 5.41) is 3.92. The van der Waals surface area contributed by atoms with Gasteiger partial charge in [0.15, 0.2) is 0 Å². The Morgan fingerprint density at radius 1 is 1.25 bits per heavy atom. The van der Waals surface area contributed by atoms with Crippen LogP contribution in [0.15, 0.2) is 30.5 Å². The topological polar surface area (TPSA) is 123 Å². The minimum Gasteiger partial charge on any atom is -0.368 e. The lowest BCUT2D eigenvalue weighted by Gasteiger charge is -2.12. The molecule has 0 fully saturated rings. The van der Waals surface area contributed by atoms with Crippen molar-refractivity contribution in [3.8, 4) is 0 Å². The number of anilines is 1. The fraction of sp³-hybridized carbons (Fsp3) is 0.154. The van der Waals surface area contributed by atoms with E-state index in [0.717, 1.165) is 5.39 Å². The van der Waals surface area contributed by atoms with Crippen LogP contribution in [-0.4, -0.2) is 22.8 Å². The number of nitrogens with two attached hydrogens (primary N) is 2. The van der Waals surface area contributed by atoms with E-state index in [-0.39, 0.29) is 0 Å². The second kappa shape index (κ2) is 5.54. The van der Waals surface area contributed by atoms with Gasteiger partial charge < -0.3 is 16.5 Å². The van der Waals surface area contributed by atoms with Gasteiger partial charge in [0.05, 0.1) is 5.56 Å². The van der Waals surface area contributed by atoms with Crippen molar-refractivity contribution < 1.29 is 9.59 Å². The zero-order valence-corrected chi connectivity index (χ0v) is 10.9. The van der Waals surface area contributed by atoms with Gasteiger partial charge in [-0.3, -0.25) is 9.59 Å².